The SMILES string of the molecule is N#CC1(c2cnc3ccnn3c2)CCC1. The molecule has 3 rings (SSSR count). The maximum atomic E-state index is 9.21. The van der Waals surface area contributed by atoms with Crippen molar-refractivity contribution >= 4 is 5.65 Å². The molecule has 1 aliphatic carbocycles. The maximum absolute atomic E-state index is 9.21. The Hall–Kier alpha value is -1.89. The van der Waals surface area contributed by atoms with Crippen LogP contribution in [0.25, 0.3) is 5.65 Å². The van der Waals surface area contributed by atoms with Crippen LogP contribution in [0.4, 0.5) is 0 Å². The molecule has 74 valence electrons. The molecular weight excluding hydrogens is 188 g/mol. The topological polar surface area (TPSA) is 54.0 Å². The minimum Gasteiger partial charge on any atom is -0.237 e. The van der Waals surface area contributed by atoms with Crippen molar-refractivity contribution in [2.75, 3.05) is 0 Å². The van der Waals surface area contributed by atoms with E-state index in [9.17, 15) is 5.26 Å². The third-order valence-electron chi connectivity index (χ3n) is 3.22. The second-order valence-electron chi connectivity index (χ2n) is 4.02. The van der Waals surface area contributed by atoms with Gasteiger partial charge < -0.3 is 0 Å². The van der Waals surface area contributed by atoms with Gasteiger partial charge in [-0.15, -0.1) is 0 Å². The molecule has 2 aromatic rings. The van der Waals surface area contributed by atoms with Crippen LogP contribution >= 0.6 is 0 Å². The number of hydrogen-bond donors (Lipinski definition) is 0. The Morgan fingerprint density at radius 2 is 2.33 bits per heavy atom. The number of hydrogen-bond acceptors (Lipinski definition) is 3. The van der Waals surface area contributed by atoms with E-state index in [-0.39, 0.29) is 5.41 Å². The molecule has 1 fully saturated rings. The van der Waals surface area contributed by atoms with Crippen molar-refractivity contribution in [3.05, 3.63) is 30.2 Å². The molecule has 0 amide bonds. The number of fused-ring (bicyclic) bond motifs is 1. The normalized spacial score (nSPS) is 18.3. The molecule has 4 heteroatoms. The predicted molar refractivity (Wildman–Crippen MR) is 54.1 cm³/mol. The van der Waals surface area contributed by atoms with Crippen molar-refractivity contribution in [3.8, 4) is 6.07 Å². The predicted octanol–water partition coefficient (Wildman–Crippen LogP) is 1.67. The van der Waals surface area contributed by atoms with Crippen LogP contribution in [0.5, 0.6) is 0 Å². The van der Waals surface area contributed by atoms with Crippen LogP contribution in [0.3, 0.4) is 0 Å². The molecule has 2 aromatic heterocycles. The summed E-state index contributed by atoms with van der Waals surface area (Å²) in [5.41, 5.74) is 1.52. The van der Waals surface area contributed by atoms with Gasteiger partial charge in [0.1, 0.15) is 0 Å². The van der Waals surface area contributed by atoms with Crippen molar-refractivity contribution in [3.63, 3.8) is 0 Å². The lowest BCUT2D eigenvalue weighted by Gasteiger charge is -2.34. The van der Waals surface area contributed by atoms with E-state index in [0.29, 0.717) is 0 Å². The molecule has 0 N–H and O–H groups in total. The molecule has 0 atom stereocenters. The van der Waals surface area contributed by atoms with Crippen molar-refractivity contribution < 1.29 is 0 Å². The summed E-state index contributed by atoms with van der Waals surface area (Å²) in [7, 11) is 0. The molecule has 0 radical (unpaired) electrons. The van der Waals surface area contributed by atoms with E-state index in [4.69, 9.17) is 0 Å². The first-order chi connectivity index (χ1) is 7.34. The molecule has 0 spiro atoms. The van der Waals surface area contributed by atoms with E-state index in [2.05, 4.69) is 16.2 Å². The number of nitrogens with zero attached hydrogens (tertiary/aromatic N) is 4. The molecule has 15 heavy (non-hydrogen) atoms. The summed E-state index contributed by atoms with van der Waals surface area (Å²) >= 11 is 0. The van der Waals surface area contributed by atoms with Crippen molar-refractivity contribution in [2.45, 2.75) is 24.7 Å². The summed E-state index contributed by atoms with van der Waals surface area (Å²) in [6, 6.07) is 4.26. The molecule has 0 saturated heterocycles. The minimum atomic E-state index is -0.298. The van der Waals surface area contributed by atoms with E-state index in [0.717, 1.165) is 30.5 Å². The highest BCUT2D eigenvalue weighted by Gasteiger charge is 2.39. The largest absolute Gasteiger partial charge is 0.237 e. The first-order valence-electron chi connectivity index (χ1n) is 5.05. The monoisotopic (exact) mass is 198 g/mol. The first kappa shape index (κ1) is 8.42. The maximum Gasteiger partial charge on any atom is 0.154 e. The van der Waals surface area contributed by atoms with Crippen molar-refractivity contribution in [1.82, 2.24) is 14.6 Å². The fourth-order valence-electron chi connectivity index (χ4n) is 2.05. The van der Waals surface area contributed by atoms with Gasteiger partial charge in [0, 0.05) is 24.0 Å². The third-order valence-corrected chi connectivity index (χ3v) is 3.22. The standard InChI is InChI=1S/C11H10N4/c12-8-11(3-1-4-11)9-6-13-10-2-5-14-15(10)7-9/h2,5-7H,1,3-4H2. The van der Waals surface area contributed by atoms with Crippen molar-refractivity contribution in [2.24, 2.45) is 0 Å². The van der Waals surface area contributed by atoms with Crippen LogP contribution in [0.1, 0.15) is 24.8 Å². The van der Waals surface area contributed by atoms with E-state index in [1.807, 2.05) is 12.3 Å². The van der Waals surface area contributed by atoms with Crippen LogP contribution in [0, 0.1) is 11.3 Å². The molecule has 1 saturated carbocycles. The third kappa shape index (κ3) is 1.06. The molecule has 0 aromatic carbocycles. The Morgan fingerprint density at radius 1 is 1.47 bits per heavy atom. The summed E-state index contributed by atoms with van der Waals surface area (Å²) in [4.78, 5) is 4.29. The highest BCUT2D eigenvalue weighted by atomic mass is 15.2. The van der Waals surface area contributed by atoms with Gasteiger partial charge in [-0.25, -0.2) is 9.50 Å². The smallest absolute Gasteiger partial charge is 0.154 e. The summed E-state index contributed by atoms with van der Waals surface area (Å²) in [5.74, 6) is 0. The Labute approximate surface area is 87.2 Å². The van der Waals surface area contributed by atoms with E-state index in [1.165, 1.54) is 0 Å². The fraction of sp³-hybridized carbons (Fsp3) is 0.364. The zero-order chi connectivity index (χ0) is 10.3. The molecule has 0 aliphatic heterocycles. The molecule has 4 nitrogen and oxygen atoms in total. The molecule has 0 unspecified atom stereocenters. The van der Waals surface area contributed by atoms with Crippen LogP contribution in [-0.2, 0) is 5.41 Å². The average molecular weight is 198 g/mol. The Balaban J connectivity index is 2.15. The van der Waals surface area contributed by atoms with E-state index >= 15 is 0 Å². The van der Waals surface area contributed by atoms with Gasteiger partial charge in [0.25, 0.3) is 0 Å². The van der Waals surface area contributed by atoms with Crippen LogP contribution in [0.2, 0.25) is 0 Å². The average Bonchev–Trinajstić information content (AvgIpc) is 2.64. The summed E-state index contributed by atoms with van der Waals surface area (Å²) in [6.45, 7) is 0. The van der Waals surface area contributed by atoms with Crippen LogP contribution in [-0.4, -0.2) is 14.6 Å². The highest BCUT2D eigenvalue weighted by Crippen LogP contribution is 2.42. The zero-order valence-corrected chi connectivity index (χ0v) is 8.22. The van der Waals surface area contributed by atoms with Crippen LogP contribution in [0.15, 0.2) is 24.7 Å². The summed E-state index contributed by atoms with van der Waals surface area (Å²) in [5, 5.41) is 13.3. The molecular formula is C11H10N4. The number of rotatable bonds is 1. The number of nitriles is 1. The quantitative estimate of drug-likeness (QED) is 0.700. The summed E-state index contributed by atoms with van der Waals surface area (Å²) in [6.07, 6.45) is 8.46. The Morgan fingerprint density at radius 3 is 3.00 bits per heavy atom. The molecule has 1 aliphatic rings. The van der Waals surface area contributed by atoms with Gasteiger partial charge in [0.2, 0.25) is 0 Å². The first-order valence-corrected chi connectivity index (χ1v) is 5.05. The lowest BCUT2D eigenvalue weighted by molar-refractivity contribution is 0.322. The van der Waals surface area contributed by atoms with Gasteiger partial charge in [-0.1, -0.05) is 0 Å². The van der Waals surface area contributed by atoms with Crippen LogP contribution < -0.4 is 0 Å². The lowest BCUT2D eigenvalue weighted by Crippen LogP contribution is -2.32. The van der Waals surface area contributed by atoms with Gasteiger partial charge in [0.05, 0.1) is 17.7 Å². The van der Waals surface area contributed by atoms with E-state index in [1.54, 1.807) is 16.9 Å². The highest BCUT2D eigenvalue weighted by molar-refractivity contribution is 5.40. The van der Waals surface area contributed by atoms with Gasteiger partial charge in [-0.2, -0.15) is 10.4 Å². The van der Waals surface area contributed by atoms with Gasteiger partial charge in [-0.3, -0.25) is 0 Å². The zero-order valence-electron chi connectivity index (χ0n) is 8.22. The Bertz CT molecular complexity index is 545. The van der Waals surface area contributed by atoms with Crippen molar-refractivity contribution in [1.29, 1.82) is 5.26 Å². The molecule has 2 heterocycles. The lowest BCUT2D eigenvalue weighted by atomic mass is 9.66. The Kier molecular flexibility index (Phi) is 1.57. The van der Waals surface area contributed by atoms with E-state index < -0.39 is 0 Å². The minimum absolute atomic E-state index is 0.298. The van der Waals surface area contributed by atoms with Gasteiger partial charge >= 0.3 is 0 Å². The van der Waals surface area contributed by atoms with Gasteiger partial charge in [-0.05, 0) is 19.3 Å². The molecule has 0 bridgehead atoms. The second-order valence-corrected chi connectivity index (χ2v) is 4.02. The van der Waals surface area contributed by atoms with Gasteiger partial charge in [0.15, 0.2) is 5.65 Å². The summed E-state index contributed by atoms with van der Waals surface area (Å²) < 4.78 is 1.73. The fourth-order valence-corrected chi connectivity index (χ4v) is 2.05. The number of aromatic nitrogens is 3. The second kappa shape index (κ2) is 2.80.